The Kier molecular flexibility index (Phi) is 5.27. The molecule has 9 nitrogen and oxygen atoms in total. The fourth-order valence-electron chi connectivity index (χ4n) is 3.69. The molecule has 0 atom stereocenters. The number of H-pyrrole nitrogens is 1. The molecule has 4 aromatic rings. The van der Waals surface area contributed by atoms with Gasteiger partial charge >= 0.3 is 11.2 Å². The standard InChI is InChI=1S/C23H17N5O4/c1-14-17(10-11-20-25-22(29)21(28(31)32)23(30)26-20)18-8-4-5-9-19(18)27(14)13-16-7-3-2-6-15(16)12-24/h2-11H,13H2,1H3,(H2,25,26,29,30)/b11-10+. The van der Waals surface area contributed by atoms with E-state index in [1.807, 2.05) is 49.4 Å². The summed E-state index contributed by atoms with van der Waals surface area (Å²) in [6.45, 7) is 2.44. The Balaban J connectivity index is 1.80. The fourth-order valence-corrected chi connectivity index (χ4v) is 3.69. The molecule has 2 aromatic heterocycles. The lowest BCUT2D eigenvalue weighted by atomic mass is 10.1. The van der Waals surface area contributed by atoms with Gasteiger partial charge < -0.3 is 14.7 Å². The third kappa shape index (κ3) is 3.61. The van der Waals surface area contributed by atoms with Gasteiger partial charge in [0, 0.05) is 28.7 Å². The quantitative estimate of drug-likeness (QED) is 0.368. The average molecular weight is 427 g/mol. The zero-order chi connectivity index (χ0) is 22.8. The lowest BCUT2D eigenvalue weighted by Crippen LogP contribution is -2.14. The number of aromatic nitrogens is 3. The van der Waals surface area contributed by atoms with E-state index in [0.29, 0.717) is 12.1 Å². The van der Waals surface area contributed by atoms with Crippen LogP contribution in [0.5, 0.6) is 5.88 Å². The molecule has 0 unspecified atom stereocenters. The van der Waals surface area contributed by atoms with Crippen LogP contribution >= 0.6 is 0 Å². The first kappa shape index (κ1) is 20.6. The van der Waals surface area contributed by atoms with E-state index < -0.39 is 22.0 Å². The van der Waals surface area contributed by atoms with Crippen molar-refractivity contribution >= 4 is 28.7 Å². The topological polar surface area (TPSA) is 138 Å². The number of nitriles is 1. The SMILES string of the molecule is Cc1c(/C=C/c2nc(O)c([N+](=O)[O-])c(=O)[nH]2)c2ccccc2n1Cc1ccccc1C#N. The minimum Gasteiger partial charge on any atom is -0.488 e. The van der Waals surface area contributed by atoms with Crippen LogP contribution < -0.4 is 5.56 Å². The van der Waals surface area contributed by atoms with Crippen molar-refractivity contribution in [2.24, 2.45) is 0 Å². The largest absolute Gasteiger partial charge is 0.488 e. The number of fused-ring (bicyclic) bond motifs is 1. The van der Waals surface area contributed by atoms with Crippen LogP contribution in [0.15, 0.2) is 53.3 Å². The number of nitro groups is 1. The van der Waals surface area contributed by atoms with E-state index in [4.69, 9.17) is 0 Å². The Labute approximate surface area is 181 Å². The van der Waals surface area contributed by atoms with Crippen LogP contribution in [-0.2, 0) is 6.54 Å². The molecule has 4 rings (SSSR count). The third-order valence-corrected chi connectivity index (χ3v) is 5.23. The summed E-state index contributed by atoms with van der Waals surface area (Å²) in [5.74, 6) is -0.949. The van der Waals surface area contributed by atoms with E-state index in [-0.39, 0.29) is 5.82 Å². The summed E-state index contributed by atoms with van der Waals surface area (Å²) < 4.78 is 2.09. The molecule has 0 bridgehead atoms. The van der Waals surface area contributed by atoms with Crippen molar-refractivity contribution < 1.29 is 10.0 Å². The van der Waals surface area contributed by atoms with Crippen molar-refractivity contribution in [1.82, 2.24) is 14.5 Å². The molecule has 0 fully saturated rings. The second-order valence-corrected chi connectivity index (χ2v) is 7.09. The van der Waals surface area contributed by atoms with E-state index in [1.54, 1.807) is 12.1 Å². The number of nitrogens with zero attached hydrogens (tertiary/aromatic N) is 4. The summed E-state index contributed by atoms with van der Waals surface area (Å²) >= 11 is 0. The van der Waals surface area contributed by atoms with Crippen molar-refractivity contribution in [1.29, 1.82) is 5.26 Å². The third-order valence-electron chi connectivity index (χ3n) is 5.23. The Bertz CT molecular complexity index is 1490. The minimum atomic E-state index is -1.03. The number of benzene rings is 2. The highest BCUT2D eigenvalue weighted by molar-refractivity contribution is 5.93. The first-order valence-electron chi connectivity index (χ1n) is 9.62. The van der Waals surface area contributed by atoms with Crippen LogP contribution in [-0.4, -0.2) is 24.6 Å². The van der Waals surface area contributed by atoms with E-state index in [1.165, 1.54) is 6.08 Å². The van der Waals surface area contributed by atoms with Gasteiger partial charge in [0.15, 0.2) is 0 Å². The van der Waals surface area contributed by atoms with Crippen molar-refractivity contribution in [3.8, 4) is 11.9 Å². The molecule has 158 valence electrons. The molecule has 2 N–H and O–H groups in total. The lowest BCUT2D eigenvalue weighted by molar-refractivity contribution is -0.387. The van der Waals surface area contributed by atoms with Crippen molar-refractivity contribution in [2.75, 3.05) is 0 Å². The average Bonchev–Trinajstić information content (AvgIpc) is 3.03. The van der Waals surface area contributed by atoms with Gasteiger partial charge in [0.2, 0.25) is 0 Å². The van der Waals surface area contributed by atoms with Gasteiger partial charge in [-0.1, -0.05) is 36.4 Å². The highest BCUT2D eigenvalue weighted by atomic mass is 16.6. The molecular formula is C23H17N5O4. The second-order valence-electron chi connectivity index (χ2n) is 7.09. The van der Waals surface area contributed by atoms with E-state index in [2.05, 4.69) is 20.6 Å². The van der Waals surface area contributed by atoms with Gasteiger partial charge in [-0.05, 0) is 36.8 Å². The van der Waals surface area contributed by atoms with E-state index in [9.17, 15) is 25.3 Å². The van der Waals surface area contributed by atoms with Gasteiger partial charge in [0.1, 0.15) is 5.82 Å². The summed E-state index contributed by atoms with van der Waals surface area (Å²) in [5, 5.41) is 31.0. The number of rotatable bonds is 5. The molecule has 0 saturated heterocycles. The number of aromatic amines is 1. The first-order valence-corrected chi connectivity index (χ1v) is 9.62. The number of aromatic hydroxyl groups is 1. The molecule has 0 spiro atoms. The van der Waals surface area contributed by atoms with Gasteiger partial charge in [0.05, 0.1) is 16.6 Å². The molecule has 0 aliphatic heterocycles. The van der Waals surface area contributed by atoms with Gasteiger partial charge in [-0.2, -0.15) is 10.2 Å². The number of para-hydroxylation sites is 1. The second kappa shape index (κ2) is 8.20. The molecule has 0 saturated carbocycles. The maximum atomic E-state index is 11.9. The predicted molar refractivity (Wildman–Crippen MR) is 119 cm³/mol. The van der Waals surface area contributed by atoms with E-state index in [0.717, 1.165) is 27.7 Å². The molecular weight excluding hydrogens is 410 g/mol. The van der Waals surface area contributed by atoms with Crippen LogP contribution in [0, 0.1) is 28.4 Å². The van der Waals surface area contributed by atoms with Crippen LogP contribution in [0.25, 0.3) is 23.1 Å². The zero-order valence-corrected chi connectivity index (χ0v) is 16.9. The summed E-state index contributed by atoms with van der Waals surface area (Å²) in [6, 6.07) is 17.4. The number of nitrogens with one attached hydrogen (secondary N) is 1. The molecule has 9 heteroatoms. The molecule has 0 aliphatic rings. The van der Waals surface area contributed by atoms with Crippen LogP contribution in [0.3, 0.4) is 0 Å². The highest BCUT2D eigenvalue weighted by Crippen LogP contribution is 2.29. The monoisotopic (exact) mass is 427 g/mol. The Morgan fingerprint density at radius 1 is 1.22 bits per heavy atom. The fraction of sp³-hybridized carbons (Fsp3) is 0.0870. The maximum Gasteiger partial charge on any atom is 0.395 e. The summed E-state index contributed by atoms with van der Waals surface area (Å²) in [7, 11) is 0. The van der Waals surface area contributed by atoms with Gasteiger partial charge in [-0.3, -0.25) is 14.9 Å². The summed E-state index contributed by atoms with van der Waals surface area (Å²) in [4.78, 5) is 27.8. The predicted octanol–water partition coefficient (Wildman–Crippen LogP) is 3.74. The Morgan fingerprint density at radius 2 is 1.94 bits per heavy atom. The van der Waals surface area contributed by atoms with Gasteiger partial charge in [0.25, 0.3) is 5.88 Å². The molecule has 2 heterocycles. The number of hydrogen-bond donors (Lipinski definition) is 2. The first-order chi connectivity index (χ1) is 15.4. The van der Waals surface area contributed by atoms with Crippen molar-refractivity contribution in [3.63, 3.8) is 0 Å². The molecule has 0 radical (unpaired) electrons. The van der Waals surface area contributed by atoms with Crippen LogP contribution in [0.1, 0.15) is 28.2 Å². The normalized spacial score (nSPS) is 11.1. The molecule has 0 amide bonds. The summed E-state index contributed by atoms with van der Waals surface area (Å²) in [5.41, 5.74) is 2.20. The Hall–Kier alpha value is -4.71. The van der Waals surface area contributed by atoms with E-state index >= 15 is 0 Å². The van der Waals surface area contributed by atoms with Gasteiger partial charge in [-0.15, -0.1) is 0 Å². The summed E-state index contributed by atoms with van der Waals surface area (Å²) in [6.07, 6.45) is 3.21. The van der Waals surface area contributed by atoms with Gasteiger partial charge in [-0.25, -0.2) is 0 Å². The minimum absolute atomic E-state index is 0.0100. The maximum absolute atomic E-state index is 11.9. The Morgan fingerprint density at radius 3 is 2.66 bits per heavy atom. The lowest BCUT2D eigenvalue weighted by Gasteiger charge is -2.10. The molecule has 2 aromatic carbocycles. The van der Waals surface area contributed by atoms with Crippen LogP contribution in [0.2, 0.25) is 0 Å². The zero-order valence-electron chi connectivity index (χ0n) is 16.9. The number of hydrogen-bond acceptors (Lipinski definition) is 6. The molecule has 32 heavy (non-hydrogen) atoms. The highest BCUT2D eigenvalue weighted by Gasteiger charge is 2.21. The molecule has 0 aliphatic carbocycles. The van der Waals surface area contributed by atoms with Crippen molar-refractivity contribution in [3.05, 3.63) is 97.2 Å². The van der Waals surface area contributed by atoms with Crippen molar-refractivity contribution in [2.45, 2.75) is 13.5 Å². The smallest absolute Gasteiger partial charge is 0.395 e. The van der Waals surface area contributed by atoms with Crippen LogP contribution in [0.4, 0.5) is 5.69 Å².